The highest BCUT2D eigenvalue weighted by Gasteiger charge is 2.23. The number of nitrogens with one attached hydrogen (secondary N) is 1. The van der Waals surface area contributed by atoms with Crippen LogP contribution in [0.5, 0.6) is 5.75 Å². The largest absolute Gasteiger partial charge is 0.496 e. The van der Waals surface area contributed by atoms with Crippen LogP contribution in [0.4, 0.5) is 11.4 Å². The van der Waals surface area contributed by atoms with Gasteiger partial charge in [-0.25, -0.2) is 0 Å². The summed E-state index contributed by atoms with van der Waals surface area (Å²) in [6.45, 7) is 4.35. The fourth-order valence-electron chi connectivity index (χ4n) is 4.18. The van der Waals surface area contributed by atoms with Gasteiger partial charge in [0.15, 0.2) is 0 Å². The van der Waals surface area contributed by atoms with Gasteiger partial charge in [0.1, 0.15) is 5.75 Å². The molecule has 0 spiro atoms. The van der Waals surface area contributed by atoms with Crippen LogP contribution in [0.2, 0.25) is 5.02 Å². The first-order chi connectivity index (χ1) is 17.0. The second-order valence-corrected chi connectivity index (χ2v) is 8.76. The molecule has 1 aliphatic rings. The summed E-state index contributed by atoms with van der Waals surface area (Å²) in [5.41, 5.74) is 3.81. The van der Waals surface area contributed by atoms with E-state index in [2.05, 4.69) is 10.2 Å². The summed E-state index contributed by atoms with van der Waals surface area (Å²) in [4.78, 5) is 29.8. The van der Waals surface area contributed by atoms with Gasteiger partial charge in [-0.2, -0.15) is 0 Å². The number of rotatable bonds is 6. The van der Waals surface area contributed by atoms with Gasteiger partial charge in [-0.1, -0.05) is 54.1 Å². The van der Waals surface area contributed by atoms with Crippen molar-refractivity contribution in [2.45, 2.75) is 6.92 Å². The molecule has 0 saturated carbocycles. The van der Waals surface area contributed by atoms with Crippen LogP contribution in [0.1, 0.15) is 21.5 Å². The lowest BCUT2D eigenvalue weighted by Crippen LogP contribution is -2.48. The summed E-state index contributed by atoms with van der Waals surface area (Å²) >= 11 is 6.26. The zero-order valence-electron chi connectivity index (χ0n) is 19.8. The first-order valence-corrected chi connectivity index (χ1v) is 11.9. The Labute approximate surface area is 210 Å². The number of carbonyl (C=O) groups is 2. The molecule has 1 saturated heterocycles. The van der Waals surface area contributed by atoms with E-state index in [-0.39, 0.29) is 11.8 Å². The molecule has 4 rings (SSSR count). The minimum atomic E-state index is -0.270. The molecule has 1 N–H and O–H groups in total. The average Bonchev–Trinajstić information content (AvgIpc) is 2.88. The van der Waals surface area contributed by atoms with Gasteiger partial charge < -0.3 is 19.9 Å². The molecule has 1 heterocycles. The number of methoxy groups -OCH3 is 1. The maximum Gasteiger partial charge on any atom is 0.259 e. The molecule has 1 aliphatic heterocycles. The normalized spacial score (nSPS) is 13.7. The summed E-state index contributed by atoms with van der Waals surface area (Å²) in [6, 6.07) is 20.7. The van der Waals surface area contributed by atoms with Gasteiger partial charge in [-0.05, 0) is 48.4 Å². The lowest BCUT2D eigenvalue weighted by Gasteiger charge is -2.36. The third-order valence-electron chi connectivity index (χ3n) is 6.02. The summed E-state index contributed by atoms with van der Waals surface area (Å²) < 4.78 is 5.45. The fraction of sp³-hybridized carbons (Fsp3) is 0.214. The lowest BCUT2D eigenvalue weighted by atomic mass is 10.1. The number of piperazine rings is 1. The molecule has 0 aliphatic carbocycles. The van der Waals surface area contributed by atoms with Crippen molar-refractivity contribution in [2.75, 3.05) is 43.5 Å². The second-order valence-electron chi connectivity index (χ2n) is 8.33. The van der Waals surface area contributed by atoms with Crippen molar-refractivity contribution in [3.63, 3.8) is 0 Å². The predicted octanol–water partition coefficient (Wildman–Crippen LogP) is 5.27. The number of halogens is 1. The van der Waals surface area contributed by atoms with E-state index in [0.29, 0.717) is 48.2 Å². The van der Waals surface area contributed by atoms with E-state index in [1.807, 2.05) is 66.4 Å². The van der Waals surface area contributed by atoms with E-state index >= 15 is 0 Å². The number of para-hydroxylation sites is 1. The number of carbonyl (C=O) groups excluding carboxylic acids is 2. The second kappa shape index (κ2) is 11.1. The van der Waals surface area contributed by atoms with Gasteiger partial charge in [-0.15, -0.1) is 0 Å². The van der Waals surface area contributed by atoms with Gasteiger partial charge in [0.25, 0.3) is 5.91 Å². The molecule has 0 unspecified atom stereocenters. The maximum atomic E-state index is 13.1. The number of nitrogens with zero attached hydrogens (tertiary/aromatic N) is 2. The number of ether oxygens (including phenoxy) is 1. The third-order valence-corrected chi connectivity index (χ3v) is 6.25. The predicted molar refractivity (Wildman–Crippen MR) is 141 cm³/mol. The highest BCUT2D eigenvalue weighted by Crippen LogP contribution is 2.32. The molecule has 180 valence electrons. The van der Waals surface area contributed by atoms with Crippen molar-refractivity contribution in [3.8, 4) is 5.75 Å². The number of benzene rings is 3. The van der Waals surface area contributed by atoms with Crippen molar-refractivity contribution in [3.05, 3.63) is 94.5 Å². The zero-order chi connectivity index (χ0) is 24.8. The van der Waals surface area contributed by atoms with Gasteiger partial charge >= 0.3 is 0 Å². The Morgan fingerprint density at radius 1 is 0.971 bits per heavy atom. The Balaban J connectivity index is 1.45. The number of hydrogen-bond acceptors (Lipinski definition) is 4. The van der Waals surface area contributed by atoms with Crippen LogP contribution in [0.15, 0.2) is 72.8 Å². The van der Waals surface area contributed by atoms with Crippen LogP contribution >= 0.6 is 11.6 Å². The van der Waals surface area contributed by atoms with E-state index in [9.17, 15) is 9.59 Å². The van der Waals surface area contributed by atoms with Crippen LogP contribution in [0, 0.1) is 6.92 Å². The lowest BCUT2D eigenvalue weighted by molar-refractivity contribution is -0.126. The van der Waals surface area contributed by atoms with E-state index in [1.165, 1.54) is 0 Å². The molecule has 0 radical (unpaired) electrons. The summed E-state index contributed by atoms with van der Waals surface area (Å²) in [7, 11) is 1.56. The molecule has 0 bridgehead atoms. The molecule has 3 aromatic rings. The molecule has 6 nitrogen and oxygen atoms in total. The Kier molecular flexibility index (Phi) is 7.73. The number of aryl methyl sites for hydroxylation is 1. The summed E-state index contributed by atoms with van der Waals surface area (Å²) in [5, 5.41) is 3.53. The van der Waals surface area contributed by atoms with E-state index in [0.717, 1.165) is 16.8 Å². The molecule has 7 heteroatoms. The van der Waals surface area contributed by atoms with Crippen LogP contribution in [0.3, 0.4) is 0 Å². The van der Waals surface area contributed by atoms with E-state index in [4.69, 9.17) is 16.3 Å². The molecule has 0 atom stereocenters. The van der Waals surface area contributed by atoms with Crippen LogP contribution in [-0.4, -0.2) is 50.0 Å². The Morgan fingerprint density at radius 3 is 2.43 bits per heavy atom. The highest BCUT2D eigenvalue weighted by atomic mass is 35.5. The highest BCUT2D eigenvalue weighted by molar-refractivity contribution is 6.31. The monoisotopic (exact) mass is 489 g/mol. The first-order valence-electron chi connectivity index (χ1n) is 11.5. The topological polar surface area (TPSA) is 61.9 Å². The van der Waals surface area contributed by atoms with Crippen molar-refractivity contribution < 1.29 is 14.3 Å². The molecule has 0 aromatic heterocycles. The molecule has 1 fully saturated rings. The van der Waals surface area contributed by atoms with E-state index in [1.54, 1.807) is 31.4 Å². The average molecular weight is 490 g/mol. The Hall–Kier alpha value is -3.77. The van der Waals surface area contributed by atoms with E-state index < -0.39 is 0 Å². The number of anilines is 2. The number of hydrogen-bond donors (Lipinski definition) is 1. The molecular weight excluding hydrogens is 462 g/mol. The minimum absolute atomic E-state index is 0.00956. The van der Waals surface area contributed by atoms with Gasteiger partial charge in [-0.3, -0.25) is 9.59 Å². The first kappa shape index (κ1) is 24.4. The van der Waals surface area contributed by atoms with Crippen molar-refractivity contribution in [1.29, 1.82) is 0 Å². The van der Waals surface area contributed by atoms with Crippen molar-refractivity contribution in [2.24, 2.45) is 0 Å². The minimum Gasteiger partial charge on any atom is -0.496 e. The molecular formula is C28H28ClN3O3. The summed E-state index contributed by atoms with van der Waals surface area (Å²) in [6.07, 6.45) is 3.45. The van der Waals surface area contributed by atoms with Crippen LogP contribution in [0.25, 0.3) is 6.08 Å². The maximum absolute atomic E-state index is 13.1. The zero-order valence-corrected chi connectivity index (χ0v) is 20.6. The SMILES string of the molecule is COc1c(C)cccc1C(=O)Nc1cc(Cl)ccc1N1CCN(C(=O)/C=C/c2ccccc2)CC1. The standard InChI is InChI=1S/C28H28ClN3O3/c1-20-7-6-10-23(27(20)35-2)28(34)30-24-19-22(29)12-13-25(24)31-15-17-32(18-16-31)26(33)14-11-21-8-4-3-5-9-21/h3-14,19H,15-18H2,1-2H3,(H,30,34)/b14-11+. The van der Waals surface area contributed by atoms with Crippen LogP contribution < -0.4 is 15.0 Å². The molecule has 2 amide bonds. The van der Waals surface area contributed by atoms with Gasteiger partial charge in [0.05, 0.1) is 24.0 Å². The van der Waals surface area contributed by atoms with Crippen molar-refractivity contribution >= 4 is 40.9 Å². The Bertz CT molecular complexity index is 1240. The fourth-order valence-corrected chi connectivity index (χ4v) is 4.35. The number of amides is 2. The summed E-state index contributed by atoms with van der Waals surface area (Å²) in [5.74, 6) is 0.267. The van der Waals surface area contributed by atoms with Gasteiger partial charge in [0.2, 0.25) is 5.91 Å². The van der Waals surface area contributed by atoms with Gasteiger partial charge in [0, 0.05) is 37.3 Å². The molecule has 35 heavy (non-hydrogen) atoms. The third kappa shape index (κ3) is 5.84. The smallest absolute Gasteiger partial charge is 0.259 e. The van der Waals surface area contributed by atoms with Crippen molar-refractivity contribution in [1.82, 2.24) is 4.90 Å². The Morgan fingerprint density at radius 2 is 1.71 bits per heavy atom. The molecule has 3 aromatic carbocycles. The quantitative estimate of drug-likeness (QED) is 0.479. The van der Waals surface area contributed by atoms with Crippen LogP contribution in [-0.2, 0) is 4.79 Å².